The zero-order valence-corrected chi connectivity index (χ0v) is 15.4. The Labute approximate surface area is 148 Å². The van der Waals surface area contributed by atoms with Gasteiger partial charge in [-0.3, -0.25) is 4.79 Å². The van der Waals surface area contributed by atoms with Gasteiger partial charge in [0, 0.05) is 26.1 Å². The highest BCUT2D eigenvalue weighted by Gasteiger charge is 2.36. The minimum absolute atomic E-state index is 0.220. The van der Waals surface area contributed by atoms with E-state index in [1.54, 1.807) is 0 Å². The van der Waals surface area contributed by atoms with E-state index in [4.69, 9.17) is 0 Å². The van der Waals surface area contributed by atoms with E-state index >= 15 is 0 Å². The Morgan fingerprint density at radius 2 is 2.12 bits per heavy atom. The second-order valence-corrected chi connectivity index (χ2v) is 8.27. The lowest BCUT2D eigenvalue weighted by molar-refractivity contribution is -0.124. The number of carbonyl (C=O) groups is 1. The molecule has 0 unspecified atom stereocenters. The minimum atomic E-state index is -3.35. The predicted octanol–water partition coefficient (Wildman–Crippen LogP) is 1.14. The first-order valence-corrected chi connectivity index (χ1v) is 10.5. The lowest BCUT2D eigenvalue weighted by Crippen LogP contribution is -2.46. The first-order valence-electron chi connectivity index (χ1n) is 8.60. The molecular weight excluding hydrogens is 340 g/mol. The van der Waals surface area contributed by atoms with Gasteiger partial charge in [0.2, 0.25) is 15.9 Å². The molecule has 1 amide bonds. The summed E-state index contributed by atoms with van der Waals surface area (Å²) in [6.45, 7) is 3.74. The first kappa shape index (κ1) is 17.9. The fraction of sp³-hybridized carbons (Fsp3) is 0.529. The molecule has 25 heavy (non-hydrogen) atoms. The Kier molecular flexibility index (Phi) is 5.10. The van der Waals surface area contributed by atoms with Gasteiger partial charge in [0.1, 0.15) is 11.9 Å². The molecule has 136 valence electrons. The molecule has 0 spiro atoms. The Hall–Kier alpha value is -1.93. The summed E-state index contributed by atoms with van der Waals surface area (Å²) in [5.74, 6) is 0.706. The van der Waals surface area contributed by atoms with E-state index in [1.807, 2.05) is 24.3 Å². The molecule has 1 aromatic heterocycles. The summed E-state index contributed by atoms with van der Waals surface area (Å²) in [6, 6.07) is 7.38. The van der Waals surface area contributed by atoms with Gasteiger partial charge >= 0.3 is 0 Å². The first-order chi connectivity index (χ1) is 11.9. The number of nitrogens with one attached hydrogen (secondary N) is 1. The van der Waals surface area contributed by atoms with Crippen molar-refractivity contribution in [3.63, 3.8) is 0 Å². The lowest BCUT2D eigenvalue weighted by Gasteiger charge is -2.21. The highest BCUT2D eigenvalue weighted by atomic mass is 32.2. The van der Waals surface area contributed by atoms with Crippen molar-refractivity contribution in [1.29, 1.82) is 0 Å². The molecule has 1 atom stereocenters. The quantitative estimate of drug-likeness (QED) is 0.833. The number of imidazole rings is 1. The van der Waals surface area contributed by atoms with Gasteiger partial charge in [0.15, 0.2) is 0 Å². The van der Waals surface area contributed by atoms with E-state index in [1.165, 1.54) is 4.31 Å². The molecule has 1 saturated heterocycles. The van der Waals surface area contributed by atoms with Crippen LogP contribution in [0.2, 0.25) is 0 Å². The maximum atomic E-state index is 12.4. The molecule has 1 N–H and O–H groups in total. The van der Waals surface area contributed by atoms with Crippen LogP contribution in [0.15, 0.2) is 24.3 Å². The summed E-state index contributed by atoms with van der Waals surface area (Å²) in [5, 5.41) is 2.87. The van der Waals surface area contributed by atoms with Gasteiger partial charge in [-0.15, -0.1) is 0 Å². The number of amides is 1. The molecule has 0 saturated carbocycles. The van der Waals surface area contributed by atoms with Crippen molar-refractivity contribution < 1.29 is 13.2 Å². The number of hydrogen-bond donors (Lipinski definition) is 1. The van der Waals surface area contributed by atoms with Crippen molar-refractivity contribution >= 4 is 27.0 Å². The van der Waals surface area contributed by atoms with E-state index in [2.05, 4.69) is 21.8 Å². The number of hydrogen-bond acceptors (Lipinski definition) is 4. The average molecular weight is 364 g/mol. The predicted molar refractivity (Wildman–Crippen MR) is 96.7 cm³/mol. The Morgan fingerprint density at radius 1 is 1.36 bits per heavy atom. The molecule has 1 aliphatic heterocycles. The monoisotopic (exact) mass is 364 g/mol. The number of rotatable bonds is 6. The third-order valence-electron chi connectivity index (χ3n) is 4.63. The number of sulfonamides is 1. The standard InChI is InChI=1S/C17H24N4O3S/c1-3-20-14-8-5-4-7-13(14)19-16(20)10-11-18-17(22)15-9-6-12-21(15)25(2,23)24/h4-5,7-8,15H,3,6,9-12H2,1-2H3,(H,18,22)/t15-/m0/s1. The van der Waals surface area contributed by atoms with Crippen LogP contribution in [0.1, 0.15) is 25.6 Å². The highest BCUT2D eigenvalue weighted by molar-refractivity contribution is 7.88. The third-order valence-corrected chi connectivity index (χ3v) is 5.92. The SMILES string of the molecule is CCn1c(CCNC(=O)[C@@H]2CCCN2S(C)(=O)=O)nc2ccccc21. The highest BCUT2D eigenvalue weighted by Crippen LogP contribution is 2.20. The summed E-state index contributed by atoms with van der Waals surface area (Å²) in [5.41, 5.74) is 2.04. The summed E-state index contributed by atoms with van der Waals surface area (Å²) < 4.78 is 27.0. The van der Waals surface area contributed by atoms with Gasteiger partial charge < -0.3 is 9.88 Å². The summed E-state index contributed by atoms with van der Waals surface area (Å²) in [6.07, 6.45) is 3.06. The van der Waals surface area contributed by atoms with Crippen molar-refractivity contribution in [1.82, 2.24) is 19.2 Å². The number of fused-ring (bicyclic) bond motifs is 1. The smallest absolute Gasteiger partial charge is 0.238 e. The Morgan fingerprint density at radius 3 is 2.84 bits per heavy atom. The van der Waals surface area contributed by atoms with Crippen molar-refractivity contribution in [3.05, 3.63) is 30.1 Å². The number of aryl methyl sites for hydroxylation is 1. The second kappa shape index (κ2) is 7.13. The zero-order chi connectivity index (χ0) is 18.0. The Balaban J connectivity index is 1.64. The summed E-state index contributed by atoms with van der Waals surface area (Å²) in [4.78, 5) is 17.0. The Bertz CT molecular complexity index is 875. The van der Waals surface area contributed by atoms with Gasteiger partial charge in [0.05, 0.1) is 17.3 Å². The number of para-hydroxylation sites is 2. The fourth-order valence-corrected chi connectivity index (χ4v) is 4.61. The molecule has 0 aliphatic carbocycles. The van der Waals surface area contributed by atoms with Crippen LogP contribution >= 0.6 is 0 Å². The maximum absolute atomic E-state index is 12.4. The molecule has 1 aromatic carbocycles. The van der Waals surface area contributed by atoms with Crippen LogP contribution in [0.25, 0.3) is 11.0 Å². The molecule has 1 aliphatic rings. The van der Waals surface area contributed by atoms with Gasteiger partial charge in [-0.25, -0.2) is 13.4 Å². The molecule has 3 rings (SSSR count). The molecule has 0 radical (unpaired) electrons. The average Bonchev–Trinajstić information content (AvgIpc) is 3.18. The topological polar surface area (TPSA) is 84.3 Å². The minimum Gasteiger partial charge on any atom is -0.354 e. The largest absolute Gasteiger partial charge is 0.354 e. The fourth-order valence-electron chi connectivity index (χ4n) is 3.48. The van der Waals surface area contributed by atoms with Gasteiger partial charge in [-0.05, 0) is 31.9 Å². The lowest BCUT2D eigenvalue weighted by atomic mass is 10.2. The van der Waals surface area contributed by atoms with Gasteiger partial charge in [-0.1, -0.05) is 12.1 Å². The number of benzene rings is 1. The number of nitrogens with zero attached hydrogens (tertiary/aromatic N) is 3. The van der Waals surface area contributed by atoms with E-state index in [-0.39, 0.29) is 5.91 Å². The second-order valence-electron chi connectivity index (χ2n) is 6.33. The van der Waals surface area contributed by atoms with Crippen LogP contribution in [-0.2, 0) is 27.8 Å². The van der Waals surface area contributed by atoms with Gasteiger partial charge in [0.25, 0.3) is 0 Å². The van der Waals surface area contributed by atoms with Crippen LogP contribution < -0.4 is 5.32 Å². The molecule has 8 heteroatoms. The van der Waals surface area contributed by atoms with Crippen LogP contribution in [0.5, 0.6) is 0 Å². The molecule has 0 bridgehead atoms. The van der Waals surface area contributed by atoms with Crippen LogP contribution in [0, 0.1) is 0 Å². The van der Waals surface area contributed by atoms with E-state index < -0.39 is 16.1 Å². The maximum Gasteiger partial charge on any atom is 0.238 e. The zero-order valence-electron chi connectivity index (χ0n) is 14.6. The van der Waals surface area contributed by atoms with Crippen LogP contribution in [-0.4, -0.2) is 53.6 Å². The van der Waals surface area contributed by atoms with E-state index in [0.29, 0.717) is 25.9 Å². The molecule has 2 heterocycles. The molecule has 2 aromatic rings. The summed E-state index contributed by atoms with van der Waals surface area (Å²) >= 11 is 0. The summed E-state index contributed by atoms with van der Waals surface area (Å²) in [7, 11) is -3.35. The van der Waals surface area contributed by atoms with Crippen LogP contribution in [0.4, 0.5) is 0 Å². The number of aromatic nitrogens is 2. The van der Waals surface area contributed by atoms with Crippen molar-refractivity contribution in [2.75, 3.05) is 19.3 Å². The molecular formula is C17H24N4O3S. The number of carbonyl (C=O) groups excluding carboxylic acids is 1. The molecule has 1 fully saturated rings. The van der Waals surface area contributed by atoms with Crippen molar-refractivity contribution in [2.45, 2.75) is 38.8 Å². The van der Waals surface area contributed by atoms with E-state index in [0.717, 1.165) is 36.1 Å². The molecule has 7 nitrogen and oxygen atoms in total. The van der Waals surface area contributed by atoms with Crippen LogP contribution in [0.3, 0.4) is 0 Å². The van der Waals surface area contributed by atoms with Crippen molar-refractivity contribution in [2.24, 2.45) is 0 Å². The van der Waals surface area contributed by atoms with Gasteiger partial charge in [-0.2, -0.15) is 4.31 Å². The van der Waals surface area contributed by atoms with E-state index in [9.17, 15) is 13.2 Å². The van der Waals surface area contributed by atoms with Crippen molar-refractivity contribution in [3.8, 4) is 0 Å². The normalized spacial score (nSPS) is 18.7. The third kappa shape index (κ3) is 3.69.